The average Bonchev–Trinajstić information content (AvgIpc) is 2.92. The number of carbonyl (C=O) groups is 4. The van der Waals surface area contributed by atoms with E-state index >= 15 is 0 Å². The van der Waals surface area contributed by atoms with Crippen molar-refractivity contribution in [3.8, 4) is 0 Å². The third-order valence-electron chi connectivity index (χ3n) is 4.08. The zero-order valence-corrected chi connectivity index (χ0v) is 22.0. The molecule has 8 nitrogen and oxygen atoms in total. The molecule has 37 heavy (non-hydrogen) atoms. The first-order valence-corrected chi connectivity index (χ1v) is 10.4. The molecule has 0 radical (unpaired) electrons. The zero-order valence-electron chi connectivity index (χ0n) is 21.0. The van der Waals surface area contributed by atoms with E-state index in [9.17, 15) is 19.2 Å². The normalized spacial score (nSPS) is 8.65. The molecule has 0 amide bonds. The molecule has 9 heteroatoms. The monoisotopic (exact) mass is 512 g/mol. The van der Waals surface area contributed by atoms with Gasteiger partial charge in [0.15, 0.2) is 0 Å². The van der Waals surface area contributed by atoms with Gasteiger partial charge >= 0.3 is 53.4 Å². The van der Waals surface area contributed by atoms with Crippen LogP contribution in [0, 0.1) is 0 Å². The van der Waals surface area contributed by atoms with E-state index in [0.717, 1.165) is 0 Å². The van der Waals surface area contributed by atoms with Gasteiger partial charge in [-0.05, 0) is 48.5 Å². The molecule has 0 heterocycles. The molecule has 0 unspecified atom stereocenters. The van der Waals surface area contributed by atoms with E-state index in [4.69, 9.17) is 20.4 Å². The van der Waals surface area contributed by atoms with Crippen molar-refractivity contribution in [2.24, 2.45) is 0 Å². The topological polar surface area (TPSA) is 149 Å². The minimum atomic E-state index is -0.879. The van der Waals surface area contributed by atoms with Crippen LogP contribution in [-0.2, 0) is 0 Å². The Bertz CT molecular complexity index is 1020. The second kappa shape index (κ2) is 19.0. The van der Waals surface area contributed by atoms with Crippen molar-refractivity contribution in [2.45, 2.75) is 0 Å². The van der Waals surface area contributed by atoms with Crippen LogP contribution in [0.4, 0.5) is 0 Å². The van der Waals surface area contributed by atoms with Crippen LogP contribution in [0.2, 0.25) is 0 Å². The summed E-state index contributed by atoms with van der Waals surface area (Å²) in [4.78, 5) is 40.8. The fourth-order valence-corrected chi connectivity index (χ4v) is 2.32. The molecule has 4 N–H and O–H groups in total. The summed E-state index contributed by atoms with van der Waals surface area (Å²) in [6.07, 6.45) is 0. The van der Waals surface area contributed by atoms with Gasteiger partial charge in [0.25, 0.3) is 0 Å². The fraction of sp³-hybridized carbons (Fsp3) is 0. The maximum Gasteiger partial charge on any atom is 1.00 e. The van der Waals surface area contributed by atoms with Gasteiger partial charge in [-0.1, -0.05) is 72.8 Å². The Balaban J connectivity index is 0. The van der Waals surface area contributed by atoms with Crippen LogP contribution in [0.25, 0.3) is 0 Å². The van der Waals surface area contributed by atoms with Crippen molar-refractivity contribution in [3.05, 3.63) is 144 Å². The number of benzene rings is 4. The Labute approximate surface area is 237 Å². The van der Waals surface area contributed by atoms with Crippen LogP contribution in [-0.4, -0.2) is 44.3 Å². The molecule has 0 atom stereocenters. The zero-order chi connectivity index (χ0) is 26.8. The van der Waals surface area contributed by atoms with Crippen LogP contribution in [0.15, 0.2) is 121 Å². The Morgan fingerprint density at radius 1 is 0.351 bits per heavy atom. The standard InChI is InChI=1S/4C7H6O2.Na.H/c4*8-7(9)6-4-2-1-3-5-6;;/h4*1-5H,(H,8,9);;/q;;;;+1;-1. The van der Waals surface area contributed by atoms with Gasteiger partial charge in [0.05, 0.1) is 22.3 Å². The second-order valence-corrected chi connectivity index (χ2v) is 6.68. The minimum Gasteiger partial charge on any atom is -1.00 e. The fourth-order valence-electron chi connectivity index (χ4n) is 2.32. The van der Waals surface area contributed by atoms with Crippen molar-refractivity contribution < 1.29 is 70.6 Å². The average molecular weight is 512 g/mol. The SMILES string of the molecule is O=C(O)c1ccccc1.O=C(O)c1ccccc1.O=C(O)c1ccccc1.O=C(O)c1ccccc1.[H-].[Na+]. The number of carboxylic acids is 4. The summed E-state index contributed by atoms with van der Waals surface area (Å²) in [7, 11) is 0. The van der Waals surface area contributed by atoms with E-state index in [2.05, 4.69) is 0 Å². The molecule has 4 rings (SSSR count). The van der Waals surface area contributed by atoms with Crippen molar-refractivity contribution >= 4 is 23.9 Å². The third kappa shape index (κ3) is 14.7. The third-order valence-corrected chi connectivity index (χ3v) is 4.08. The van der Waals surface area contributed by atoms with E-state index in [-0.39, 0.29) is 31.0 Å². The van der Waals surface area contributed by atoms with E-state index in [1.54, 1.807) is 121 Å². The summed E-state index contributed by atoms with van der Waals surface area (Å²) in [5.74, 6) is -3.52. The van der Waals surface area contributed by atoms with Gasteiger partial charge in [0, 0.05) is 0 Å². The first-order chi connectivity index (χ1) is 17.2. The van der Waals surface area contributed by atoms with Crippen LogP contribution in [0.5, 0.6) is 0 Å². The summed E-state index contributed by atoms with van der Waals surface area (Å²) in [5.41, 5.74) is 1.32. The summed E-state index contributed by atoms with van der Waals surface area (Å²) in [6, 6.07) is 33.2. The number of aromatic carboxylic acids is 4. The van der Waals surface area contributed by atoms with Crippen molar-refractivity contribution in [1.29, 1.82) is 0 Å². The molecule has 0 bridgehead atoms. The quantitative estimate of drug-likeness (QED) is 0.305. The predicted octanol–water partition coefficient (Wildman–Crippen LogP) is 2.66. The second-order valence-electron chi connectivity index (χ2n) is 6.68. The first-order valence-electron chi connectivity index (χ1n) is 10.4. The van der Waals surface area contributed by atoms with Crippen LogP contribution in [0.3, 0.4) is 0 Å². The van der Waals surface area contributed by atoms with Crippen molar-refractivity contribution in [2.75, 3.05) is 0 Å². The molecule has 0 aliphatic carbocycles. The van der Waals surface area contributed by atoms with Gasteiger partial charge < -0.3 is 21.9 Å². The smallest absolute Gasteiger partial charge is 1.00 e. The van der Waals surface area contributed by atoms with Crippen LogP contribution in [0.1, 0.15) is 42.9 Å². The molecular formula is C28H25NaO8. The van der Waals surface area contributed by atoms with Crippen molar-refractivity contribution in [1.82, 2.24) is 0 Å². The molecule has 0 aliphatic rings. The van der Waals surface area contributed by atoms with Gasteiger partial charge in [-0.3, -0.25) is 0 Å². The molecule has 0 spiro atoms. The maximum absolute atomic E-state index is 10.2. The maximum atomic E-state index is 10.2. The minimum absolute atomic E-state index is 0. The van der Waals surface area contributed by atoms with E-state index < -0.39 is 23.9 Å². The Morgan fingerprint density at radius 3 is 0.568 bits per heavy atom. The molecule has 0 aromatic heterocycles. The number of hydrogen-bond donors (Lipinski definition) is 4. The Kier molecular flexibility index (Phi) is 16.8. The molecule has 4 aromatic rings. The van der Waals surface area contributed by atoms with Crippen LogP contribution < -0.4 is 29.6 Å². The summed E-state index contributed by atoms with van der Waals surface area (Å²) in [5, 5.41) is 33.5. The molecule has 0 aliphatic heterocycles. The van der Waals surface area contributed by atoms with Gasteiger partial charge in [-0.15, -0.1) is 0 Å². The predicted molar refractivity (Wildman–Crippen MR) is 135 cm³/mol. The number of rotatable bonds is 4. The van der Waals surface area contributed by atoms with Gasteiger partial charge in [0.1, 0.15) is 0 Å². The van der Waals surface area contributed by atoms with Gasteiger partial charge in [-0.25, -0.2) is 19.2 Å². The van der Waals surface area contributed by atoms with E-state index in [1.165, 1.54) is 0 Å². The van der Waals surface area contributed by atoms with Crippen molar-refractivity contribution in [3.63, 3.8) is 0 Å². The van der Waals surface area contributed by atoms with Crippen LogP contribution >= 0.6 is 0 Å². The number of hydrogen-bond acceptors (Lipinski definition) is 4. The largest absolute Gasteiger partial charge is 1.00 e. The summed E-state index contributed by atoms with van der Waals surface area (Å²) in [6.45, 7) is 0. The summed E-state index contributed by atoms with van der Waals surface area (Å²) >= 11 is 0. The molecular weight excluding hydrogens is 487 g/mol. The molecule has 0 saturated heterocycles. The Morgan fingerprint density at radius 2 is 0.486 bits per heavy atom. The molecule has 186 valence electrons. The molecule has 0 saturated carbocycles. The number of carboxylic acid groups (broad SMARTS) is 4. The molecule has 4 aromatic carbocycles. The summed E-state index contributed by atoms with van der Waals surface area (Å²) < 4.78 is 0. The van der Waals surface area contributed by atoms with Gasteiger partial charge in [-0.2, -0.15) is 0 Å². The first kappa shape index (κ1) is 32.8. The van der Waals surface area contributed by atoms with E-state index in [0.29, 0.717) is 22.3 Å². The Hall–Kier alpha value is -4.24. The molecule has 0 fully saturated rings. The van der Waals surface area contributed by atoms with Gasteiger partial charge in [0.2, 0.25) is 0 Å². The van der Waals surface area contributed by atoms with E-state index in [1.807, 2.05) is 0 Å².